The van der Waals surface area contributed by atoms with Crippen molar-refractivity contribution in [1.82, 2.24) is 10.6 Å². The normalized spacial score (nSPS) is 15.9. The molecule has 0 saturated carbocycles. The molecule has 1 aromatic carbocycles. The zero-order valence-corrected chi connectivity index (χ0v) is 13.9. The molecule has 0 spiro atoms. The predicted octanol–water partition coefficient (Wildman–Crippen LogP) is -0.774. The lowest BCUT2D eigenvalue weighted by Crippen LogP contribution is -3.22. The third kappa shape index (κ3) is 5.33. The maximum absolute atomic E-state index is 11.9. The Kier molecular flexibility index (Phi) is 6.12. The van der Waals surface area contributed by atoms with Crippen molar-refractivity contribution in [3.05, 3.63) is 35.9 Å². The molecule has 1 heterocycles. The highest BCUT2D eigenvalue weighted by Crippen LogP contribution is 1.98. The first kappa shape index (κ1) is 17.4. The molecule has 0 unspecified atom stereocenters. The quantitative estimate of drug-likeness (QED) is 0.644. The molecule has 126 valence electrons. The molecule has 23 heavy (non-hydrogen) atoms. The second-order valence-electron chi connectivity index (χ2n) is 6.43. The van der Waals surface area contributed by atoms with Gasteiger partial charge in [-0.15, -0.1) is 0 Å². The lowest BCUT2D eigenvalue weighted by atomic mass is 10.0. The van der Waals surface area contributed by atoms with Gasteiger partial charge < -0.3 is 20.3 Å². The van der Waals surface area contributed by atoms with Crippen LogP contribution in [-0.2, 0) is 9.53 Å². The number of amides is 2. The van der Waals surface area contributed by atoms with Crippen LogP contribution in [0.3, 0.4) is 0 Å². The summed E-state index contributed by atoms with van der Waals surface area (Å²) in [7, 11) is 0. The number of benzene rings is 1. The van der Waals surface area contributed by atoms with E-state index in [1.807, 2.05) is 6.07 Å². The monoisotopic (exact) mass is 320 g/mol. The summed E-state index contributed by atoms with van der Waals surface area (Å²) in [5.74, 6) is -0.408. The van der Waals surface area contributed by atoms with Crippen molar-refractivity contribution >= 4 is 11.8 Å². The summed E-state index contributed by atoms with van der Waals surface area (Å²) in [6, 6.07) is 8.88. The first-order valence-corrected chi connectivity index (χ1v) is 8.02. The molecule has 2 rings (SSSR count). The van der Waals surface area contributed by atoms with Crippen LogP contribution >= 0.6 is 0 Å². The Morgan fingerprint density at radius 3 is 2.43 bits per heavy atom. The molecule has 1 fully saturated rings. The molecule has 1 aromatic rings. The first-order chi connectivity index (χ1) is 11.0. The van der Waals surface area contributed by atoms with Crippen LogP contribution in [0.15, 0.2) is 30.3 Å². The molecular weight excluding hydrogens is 294 g/mol. The van der Waals surface area contributed by atoms with Gasteiger partial charge in [0.1, 0.15) is 18.6 Å². The number of hydrogen-bond acceptors (Lipinski definition) is 3. The van der Waals surface area contributed by atoms with Crippen molar-refractivity contribution in [3.63, 3.8) is 0 Å². The second kappa shape index (κ2) is 8.08. The number of carbonyl (C=O) groups is 2. The van der Waals surface area contributed by atoms with Gasteiger partial charge in [-0.25, -0.2) is 0 Å². The van der Waals surface area contributed by atoms with Gasteiger partial charge in [0.05, 0.1) is 26.3 Å². The average molecular weight is 320 g/mol. The zero-order chi connectivity index (χ0) is 16.7. The summed E-state index contributed by atoms with van der Waals surface area (Å²) >= 11 is 0. The molecule has 3 N–H and O–H groups in total. The second-order valence-corrected chi connectivity index (χ2v) is 6.43. The smallest absolute Gasteiger partial charge is 0.251 e. The number of hydrogen-bond donors (Lipinski definition) is 3. The van der Waals surface area contributed by atoms with Crippen molar-refractivity contribution in [2.24, 2.45) is 0 Å². The van der Waals surface area contributed by atoms with E-state index in [9.17, 15) is 9.59 Å². The summed E-state index contributed by atoms with van der Waals surface area (Å²) in [5.41, 5.74) is 0.501. The van der Waals surface area contributed by atoms with E-state index >= 15 is 0 Å². The van der Waals surface area contributed by atoms with Gasteiger partial charge in [-0.2, -0.15) is 0 Å². The number of carbonyl (C=O) groups excluding carboxylic acids is 2. The van der Waals surface area contributed by atoms with Crippen LogP contribution in [0.25, 0.3) is 0 Å². The fourth-order valence-electron chi connectivity index (χ4n) is 2.65. The summed E-state index contributed by atoms with van der Waals surface area (Å²) in [6.07, 6.45) is 0. The van der Waals surface area contributed by atoms with Gasteiger partial charge in [-0.1, -0.05) is 18.2 Å². The SMILES string of the molecule is CC(C)(CNC(=O)CNC(=O)c1ccccc1)[NH+]1CCOCC1. The molecule has 0 atom stereocenters. The van der Waals surface area contributed by atoms with Crippen LogP contribution in [-0.4, -0.2) is 56.7 Å². The molecule has 6 nitrogen and oxygen atoms in total. The predicted molar refractivity (Wildman–Crippen MR) is 87.4 cm³/mol. The minimum Gasteiger partial charge on any atom is -0.370 e. The van der Waals surface area contributed by atoms with Gasteiger partial charge >= 0.3 is 0 Å². The first-order valence-electron chi connectivity index (χ1n) is 8.02. The number of morpholine rings is 1. The third-order valence-corrected chi connectivity index (χ3v) is 4.23. The van der Waals surface area contributed by atoms with Gasteiger partial charge in [0.2, 0.25) is 5.91 Å². The number of nitrogens with one attached hydrogen (secondary N) is 3. The van der Waals surface area contributed by atoms with Crippen LogP contribution in [0.1, 0.15) is 24.2 Å². The van der Waals surface area contributed by atoms with Crippen LogP contribution in [0, 0.1) is 0 Å². The van der Waals surface area contributed by atoms with Gasteiger partial charge in [-0.05, 0) is 26.0 Å². The van der Waals surface area contributed by atoms with Crippen molar-refractivity contribution in [3.8, 4) is 0 Å². The summed E-state index contributed by atoms with van der Waals surface area (Å²) < 4.78 is 5.37. The molecule has 0 aliphatic carbocycles. The highest BCUT2D eigenvalue weighted by molar-refractivity contribution is 5.96. The highest BCUT2D eigenvalue weighted by Gasteiger charge is 2.32. The lowest BCUT2D eigenvalue weighted by Gasteiger charge is -2.37. The zero-order valence-electron chi connectivity index (χ0n) is 13.9. The molecular formula is C17H26N3O3+. The maximum atomic E-state index is 11.9. The van der Waals surface area contributed by atoms with Crippen LogP contribution in [0.2, 0.25) is 0 Å². The molecule has 1 saturated heterocycles. The van der Waals surface area contributed by atoms with Gasteiger partial charge in [0.25, 0.3) is 5.91 Å². The largest absolute Gasteiger partial charge is 0.370 e. The Morgan fingerprint density at radius 1 is 1.13 bits per heavy atom. The third-order valence-electron chi connectivity index (χ3n) is 4.23. The van der Waals surface area contributed by atoms with Gasteiger partial charge in [0, 0.05) is 5.56 Å². The van der Waals surface area contributed by atoms with E-state index in [-0.39, 0.29) is 23.9 Å². The van der Waals surface area contributed by atoms with Crippen molar-refractivity contribution in [2.45, 2.75) is 19.4 Å². The molecule has 1 aliphatic rings. The van der Waals surface area contributed by atoms with Crippen LogP contribution in [0.4, 0.5) is 0 Å². The molecule has 0 bridgehead atoms. The van der Waals surface area contributed by atoms with E-state index in [2.05, 4.69) is 24.5 Å². The maximum Gasteiger partial charge on any atom is 0.251 e. The molecule has 2 amide bonds. The average Bonchev–Trinajstić information content (AvgIpc) is 2.59. The Bertz CT molecular complexity index is 525. The van der Waals surface area contributed by atoms with Crippen molar-refractivity contribution in [1.29, 1.82) is 0 Å². The lowest BCUT2D eigenvalue weighted by molar-refractivity contribution is -0.954. The Labute approximate surface area is 137 Å². The van der Waals surface area contributed by atoms with E-state index in [0.717, 1.165) is 26.3 Å². The Hall–Kier alpha value is -1.92. The fourth-order valence-corrected chi connectivity index (χ4v) is 2.65. The van der Waals surface area contributed by atoms with Crippen molar-refractivity contribution < 1.29 is 19.2 Å². The summed E-state index contributed by atoms with van der Waals surface area (Å²) in [6.45, 7) is 8.26. The molecule has 6 heteroatoms. The van der Waals surface area contributed by atoms with E-state index in [4.69, 9.17) is 4.74 Å². The number of rotatable bonds is 6. The van der Waals surface area contributed by atoms with Crippen molar-refractivity contribution in [2.75, 3.05) is 39.4 Å². The Morgan fingerprint density at radius 2 is 1.78 bits per heavy atom. The number of quaternary nitrogens is 1. The standard InChI is InChI=1S/C17H25N3O3/c1-17(2,20-8-10-23-11-9-20)13-19-15(21)12-18-16(22)14-6-4-3-5-7-14/h3-7H,8-13H2,1-2H3,(H,18,22)(H,19,21)/p+1. The van der Waals surface area contributed by atoms with Crippen LogP contribution < -0.4 is 15.5 Å². The van der Waals surface area contributed by atoms with E-state index < -0.39 is 0 Å². The minimum atomic E-state index is -0.237. The van der Waals surface area contributed by atoms with Gasteiger partial charge in [0.15, 0.2) is 0 Å². The molecule has 1 aliphatic heterocycles. The minimum absolute atomic E-state index is 0.0117. The van der Waals surface area contributed by atoms with Gasteiger partial charge in [-0.3, -0.25) is 9.59 Å². The molecule has 0 radical (unpaired) electrons. The highest BCUT2D eigenvalue weighted by atomic mass is 16.5. The fraction of sp³-hybridized carbons (Fsp3) is 0.529. The summed E-state index contributed by atoms with van der Waals surface area (Å²) in [5, 5.41) is 5.55. The Balaban J connectivity index is 1.73. The number of ether oxygens (including phenoxy) is 1. The van der Waals surface area contributed by atoms with E-state index in [0.29, 0.717) is 12.1 Å². The summed E-state index contributed by atoms with van der Waals surface area (Å²) in [4.78, 5) is 25.3. The van der Waals surface area contributed by atoms with E-state index in [1.165, 1.54) is 4.90 Å². The molecule has 0 aromatic heterocycles. The van der Waals surface area contributed by atoms with E-state index in [1.54, 1.807) is 24.3 Å². The van der Waals surface area contributed by atoms with Crippen LogP contribution in [0.5, 0.6) is 0 Å². The topological polar surface area (TPSA) is 71.9 Å².